The largest absolute Gasteiger partial charge is 0.338 e. The summed E-state index contributed by atoms with van der Waals surface area (Å²) in [6.45, 7) is 1.14. The predicted molar refractivity (Wildman–Crippen MR) is 67.4 cm³/mol. The predicted octanol–water partition coefficient (Wildman–Crippen LogP) is 3.01. The lowest BCUT2D eigenvalue weighted by Crippen LogP contribution is -2.35. The second-order valence-corrected chi connectivity index (χ2v) is 5.71. The smallest absolute Gasteiger partial charge is 0.225 e. The van der Waals surface area contributed by atoms with Crippen LogP contribution in [0.3, 0.4) is 0 Å². The van der Waals surface area contributed by atoms with Gasteiger partial charge in [0, 0.05) is 25.0 Å². The number of anilines is 1. The van der Waals surface area contributed by atoms with Crippen LogP contribution in [-0.4, -0.2) is 22.6 Å². The molecule has 0 radical (unpaired) electrons. The first-order valence-corrected chi connectivity index (χ1v) is 6.88. The van der Waals surface area contributed by atoms with Gasteiger partial charge in [-0.1, -0.05) is 12.8 Å². The van der Waals surface area contributed by atoms with E-state index in [1.165, 1.54) is 32.1 Å². The molecular formula is C12H16BrN3. The van der Waals surface area contributed by atoms with Crippen molar-refractivity contribution in [3.63, 3.8) is 0 Å². The summed E-state index contributed by atoms with van der Waals surface area (Å²) in [5.74, 6) is 1.80. The molecule has 2 heterocycles. The van der Waals surface area contributed by atoms with Gasteiger partial charge < -0.3 is 4.90 Å². The number of fused-ring (bicyclic) bond motifs is 1. The van der Waals surface area contributed by atoms with Crippen molar-refractivity contribution in [1.82, 2.24) is 9.97 Å². The molecule has 3 rings (SSSR count). The van der Waals surface area contributed by atoms with E-state index in [1.54, 1.807) is 0 Å². The van der Waals surface area contributed by atoms with Crippen LogP contribution in [0.4, 0.5) is 5.95 Å². The standard InChI is InChI=1S/C12H16BrN3/c13-10-7-14-12(15-8-10)16-6-5-9-3-1-2-4-11(9)16/h7-9,11H,1-6H2. The van der Waals surface area contributed by atoms with Crippen molar-refractivity contribution in [2.75, 3.05) is 11.4 Å². The van der Waals surface area contributed by atoms with Crippen molar-refractivity contribution in [3.8, 4) is 0 Å². The Morgan fingerprint density at radius 3 is 2.69 bits per heavy atom. The molecule has 3 nitrogen and oxygen atoms in total. The summed E-state index contributed by atoms with van der Waals surface area (Å²) in [7, 11) is 0. The van der Waals surface area contributed by atoms with Crippen LogP contribution in [0.15, 0.2) is 16.9 Å². The van der Waals surface area contributed by atoms with Gasteiger partial charge in [-0.2, -0.15) is 0 Å². The van der Waals surface area contributed by atoms with Gasteiger partial charge in [-0.05, 0) is 41.1 Å². The second kappa shape index (κ2) is 4.32. The van der Waals surface area contributed by atoms with Crippen LogP contribution in [0, 0.1) is 5.92 Å². The van der Waals surface area contributed by atoms with Gasteiger partial charge in [0.2, 0.25) is 5.95 Å². The molecule has 1 aliphatic carbocycles. The molecule has 2 fully saturated rings. The van der Waals surface area contributed by atoms with E-state index in [0.717, 1.165) is 22.9 Å². The summed E-state index contributed by atoms with van der Waals surface area (Å²) in [4.78, 5) is 11.3. The molecule has 0 N–H and O–H groups in total. The Bertz CT molecular complexity index is 365. The highest BCUT2D eigenvalue weighted by atomic mass is 79.9. The highest BCUT2D eigenvalue weighted by molar-refractivity contribution is 9.10. The second-order valence-electron chi connectivity index (χ2n) is 4.80. The van der Waals surface area contributed by atoms with Crippen LogP contribution in [0.1, 0.15) is 32.1 Å². The average molecular weight is 282 g/mol. The number of hydrogen-bond donors (Lipinski definition) is 0. The van der Waals surface area contributed by atoms with Gasteiger partial charge in [0.1, 0.15) is 0 Å². The fourth-order valence-corrected chi connectivity index (χ4v) is 3.31. The lowest BCUT2D eigenvalue weighted by atomic mass is 9.85. The molecule has 0 amide bonds. The Balaban J connectivity index is 1.82. The van der Waals surface area contributed by atoms with Gasteiger partial charge in [-0.25, -0.2) is 9.97 Å². The van der Waals surface area contributed by atoms with Crippen molar-refractivity contribution in [1.29, 1.82) is 0 Å². The zero-order chi connectivity index (χ0) is 11.0. The highest BCUT2D eigenvalue weighted by Gasteiger charge is 2.36. The average Bonchev–Trinajstić information content (AvgIpc) is 2.74. The maximum absolute atomic E-state index is 4.42. The van der Waals surface area contributed by atoms with E-state index in [9.17, 15) is 0 Å². The van der Waals surface area contributed by atoms with Crippen LogP contribution in [0.25, 0.3) is 0 Å². The molecule has 1 saturated carbocycles. The molecule has 1 aromatic heterocycles. The maximum Gasteiger partial charge on any atom is 0.225 e. The Morgan fingerprint density at radius 2 is 1.88 bits per heavy atom. The Kier molecular flexibility index (Phi) is 2.84. The molecule has 2 aliphatic rings. The zero-order valence-electron chi connectivity index (χ0n) is 9.27. The summed E-state index contributed by atoms with van der Waals surface area (Å²) < 4.78 is 0.954. The molecule has 86 valence electrons. The van der Waals surface area contributed by atoms with Crippen molar-refractivity contribution >= 4 is 21.9 Å². The maximum atomic E-state index is 4.42. The normalized spacial score (nSPS) is 29.2. The fourth-order valence-electron chi connectivity index (χ4n) is 3.11. The molecule has 1 saturated heterocycles. The minimum absolute atomic E-state index is 0.704. The third-order valence-electron chi connectivity index (χ3n) is 3.87. The molecule has 4 heteroatoms. The van der Waals surface area contributed by atoms with Gasteiger partial charge >= 0.3 is 0 Å². The molecule has 1 aliphatic heterocycles. The zero-order valence-corrected chi connectivity index (χ0v) is 10.9. The van der Waals surface area contributed by atoms with Gasteiger partial charge in [0.25, 0.3) is 0 Å². The lowest BCUT2D eigenvalue weighted by Gasteiger charge is -2.31. The summed E-state index contributed by atoms with van der Waals surface area (Å²) in [5.41, 5.74) is 0. The molecule has 0 aromatic carbocycles. The monoisotopic (exact) mass is 281 g/mol. The van der Waals surface area contributed by atoms with E-state index >= 15 is 0 Å². The van der Waals surface area contributed by atoms with Gasteiger partial charge in [0.05, 0.1) is 4.47 Å². The number of aromatic nitrogens is 2. The Morgan fingerprint density at radius 1 is 1.12 bits per heavy atom. The third kappa shape index (κ3) is 1.83. The van der Waals surface area contributed by atoms with E-state index in [-0.39, 0.29) is 0 Å². The quantitative estimate of drug-likeness (QED) is 0.793. The number of nitrogens with zero attached hydrogens (tertiary/aromatic N) is 3. The first-order valence-electron chi connectivity index (χ1n) is 6.09. The first kappa shape index (κ1) is 10.5. The van der Waals surface area contributed by atoms with Crippen LogP contribution in [0.5, 0.6) is 0 Å². The Labute approximate surface area is 104 Å². The molecule has 0 bridgehead atoms. The molecule has 2 atom stereocenters. The van der Waals surface area contributed by atoms with Crippen molar-refractivity contribution in [3.05, 3.63) is 16.9 Å². The van der Waals surface area contributed by atoms with E-state index < -0.39 is 0 Å². The number of hydrogen-bond acceptors (Lipinski definition) is 3. The highest BCUT2D eigenvalue weighted by Crippen LogP contribution is 2.37. The van der Waals surface area contributed by atoms with Crippen LogP contribution < -0.4 is 4.90 Å². The topological polar surface area (TPSA) is 29.0 Å². The van der Waals surface area contributed by atoms with E-state index in [1.807, 2.05) is 12.4 Å². The van der Waals surface area contributed by atoms with Crippen LogP contribution in [0.2, 0.25) is 0 Å². The summed E-state index contributed by atoms with van der Waals surface area (Å²) in [5, 5.41) is 0. The molecular weight excluding hydrogens is 266 g/mol. The minimum atomic E-state index is 0.704. The van der Waals surface area contributed by atoms with E-state index in [0.29, 0.717) is 6.04 Å². The molecule has 1 aromatic rings. The van der Waals surface area contributed by atoms with Gasteiger partial charge in [-0.3, -0.25) is 0 Å². The SMILES string of the molecule is Brc1cnc(N2CCC3CCCCC32)nc1. The number of rotatable bonds is 1. The Hall–Kier alpha value is -0.640. The fraction of sp³-hybridized carbons (Fsp3) is 0.667. The van der Waals surface area contributed by atoms with Gasteiger partial charge in [0.15, 0.2) is 0 Å². The summed E-state index contributed by atoms with van der Waals surface area (Å²) >= 11 is 3.38. The van der Waals surface area contributed by atoms with Crippen molar-refractivity contribution < 1.29 is 0 Å². The number of halogens is 1. The van der Waals surface area contributed by atoms with Crippen LogP contribution in [-0.2, 0) is 0 Å². The van der Waals surface area contributed by atoms with E-state index in [2.05, 4.69) is 30.8 Å². The van der Waals surface area contributed by atoms with Crippen molar-refractivity contribution in [2.24, 2.45) is 5.92 Å². The minimum Gasteiger partial charge on any atom is -0.338 e. The van der Waals surface area contributed by atoms with Crippen LogP contribution >= 0.6 is 15.9 Å². The molecule has 2 unspecified atom stereocenters. The summed E-state index contributed by atoms with van der Waals surface area (Å²) in [6.07, 6.45) is 10.5. The first-order chi connectivity index (χ1) is 7.84. The molecule has 16 heavy (non-hydrogen) atoms. The molecule has 0 spiro atoms. The van der Waals surface area contributed by atoms with Crippen molar-refractivity contribution in [2.45, 2.75) is 38.1 Å². The summed E-state index contributed by atoms with van der Waals surface area (Å²) in [6, 6.07) is 0.704. The van der Waals surface area contributed by atoms with E-state index in [4.69, 9.17) is 0 Å². The van der Waals surface area contributed by atoms with Gasteiger partial charge in [-0.15, -0.1) is 0 Å². The third-order valence-corrected chi connectivity index (χ3v) is 4.28. The lowest BCUT2D eigenvalue weighted by molar-refractivity contribution is 0.341.